The number of aliphatic carboxylic acids is 1. The number of ether oxygens (including phenoxy) is 1. The van der Waals surface area contributed by atoms with Gasteiger partial charge in [-0.1, -0.05) is 26.8 Å². The SMILES string of the molecule is COc1cc(NC(C)CCCNC(=O)NCCCC(N)C(=O)O)c2nc(C(C)(C)C)ccc2c1. The van der Waals surface area contributed by atoms with Crippen molar-refractivity contribution in [2.75, 3.05) is 25.5 Å². The zero-order valence-corrected chi connectivity index (χ0v) is 20.9. The number of carbonyl (C=O) groups is 2. The number of nitrogens with one attached hydrogen (secondary N) is 3. The van der Waals surface area contributed by atoms with Crippen molar-refractivity contribution in [2.24, 2.45) is 5.73 Å². The third-order valence-corrected chi connectivity index (χ3v) is 5.57. The lowest BCUT2D eigenvalue weighted by molar-refractivity contribution is -0.138. The van der Waals surface area contributed by atoms with Gasteiger partial charge in [0, 0.05) is 41.7 Å². The summed E-state index contributed by atoms with van der Waals surface area (Å²) in [7, 11) is 1.66. The van der Waals surface area contributed by atoms with Crippen LogP contribution in [0.15, 0.2) is 24.3 Å². The van der Waals surface area contributed by atoms with Crippen molar-refractivity contribution < 1.29 is 19.4 Å². The van der Waals surface area contributed by atoms with Gasteiger partial charge in [-0.25, -0.2) is 4.79 Å². The van der Waals surface area contributed by atoms with Gasteiger partial charge in [0.05, 0.1) is 18.3 Å². The van der Waals surface area contributed by atoms with Crippen molar-refractivity contribution in [2.45, 2.75) is 70.9 Å². The highest BCUT2D eigenvalue weighted by atomic mass is 16.5. The Morgan fingerprint density at radius 1 is 1.12 bits per heavy atom. The predicted octanol–water partition coefficient (Wildman–Crippen LogP) is 3.61. The molecule has 2 atom stereocenters. The summed E-state index contributed by atoms with van der Waals surface area (Å²) in [5, 5.41) is 18.9. The van der Waals surface area contributed by atoms with E-state index in [0.29, 0.717) is 25.9 Å². The lowest BCUT2D eigenvalue weighted by atomic mass is 9.91. The maximum absolute atomic E-state index is 11.9. The molecular formula is C25H39N5O4. The van der Waals surface area contributed by atoms with E-state index < -0.39 is 12.0 Å². The van der Waals surface area contributed by atoms with Gasteiger partial charge in [0.1, 0.15) is 11.8 Å². The van der Waals surface area contributed by atoms with Crippen molar-refractivity contribution in [1.29, 1.82) is 0 Å². The smallest absolute Gasteiger partial charge is 0.320 e. The molecule has 0 spiro atoms. The van der Waals surface area contributed by atoms with Crippen LogP contribution in [0.4, 0.5) is 10.5 Å². The van der Waals surface area contributed by atoms with Crippen LogP contribution in [0.3, 0.4) is 0 Å². The standard InChI is InChI=1S/C25H39N5O4/c1-16(8-6-12-27-24(33)28-13-7-9-19(26)23(31)32)29-20-15-18(34-5)14-17-10-11-21(25(2,3)4)30-22(17)20/h10-11,14-16,19,29H,6-9,12-13,26H2,1-5H3,(H,31,32)(H2,27,28,33). The zero-order valence-electron chi connectivity index (χ0n) is 20.9. The topological polar surface area (TPSA) is 139 Å². The summed E-state index contributed by atoms with van der Waals surface area (Å²) in [5.41, 5.74) is 8.27. The molecule has 9 heteroatoms. The Labute approximate surface area is 201 Å². The number of nitrogens with two attached hydrogens (primary N) is 1. The maximum atomic E-state index is 11.9. The van der Waals surface area contributed by atoms with Crippen LogP contribution < -0.4 is 26.4 Å². The predicted molar refractivity (Wildman–Crippen MR) is 136 cm³/mol. The molecule has 2 unspecified atom stereocenters. The summed E-state index contributed by atoms with van der Waals surface area (Å²) >= 11 is 0. The minimum Gasteiger partial charge on any atom is -0.497 e. The van der Waals surface area contributed by atoms with Gasteiger partial charge in [-0.15, -0.1) is 0 Å². The molecule has 34 heavy (non-hydrogen) atoms. The molecule has 6 N–H and O–H groups in total. The average molecular weight is 474 g/mol. The molecule has 0 aliphatic heterocycles. The van der Waals surface area contributed by atoms with Gasteiger partial charge < -0.3 is 31.5 Å². The number of amides is 2. The number of methoxy groups -OCH3 is 1. The molecule has 188 valence electrons. The Kier molecular flexibility index (Phi) is 9.92. The van der Waals surface area contributed by atoms with Crippen LogP contribution >= 0.6 is 0 Å². The Hall–Kier alpha value is -3.07. The molecule has 0 saturated carbocycles. The van der Waals surface area contributed by atoms with E-state index in [1.165, 1.54) is 0 Å². The van der Waals surface area contributed by atoms with Crippen LogP contribution in [0.1, 0.15) is 59.1 Å². The number of carboxylic acids is 1. The number of hydrogen-bond acceptors (Lipinski definition) is 6. The molecule has 2 aromatic rings. The van der Waals surface area contributed by atoms with Crippen LogP contribution in [0.2, 0.25) is 0 Å². The molecule has 2 rings (SSSR count). The molecular weight excluding hydrogens is 434 g/mol. The van der Waals surface area contributed by atoms with Gasteiger partial charge >= 0.3 is 12.0 Å². The Bertz CT molecular complexity index is 974. The molecule has 1 heterocycles. The highest BCUT2D eigenvalue weighted by Crippen LogP contribution is 2.31. The highest BCUT2D eigenvalue weighted by molar-refractivity contribution is 5.92. The molecule has 0 saturated heterocycles. The van der Waals surface area contributed by atoms with Crippen LogP contribution in [-0.4, -0.2) is 54.4 Å². The number of carboxylic acid groups (broad SMARTS) is 1. The van der Waals surface area contributed by atoms with Crippen LogP contribution in [0.25, 0.3) is 10.9 Å². The Morgan fingerprint density at radius 3 is 2.35 bits per heavy atom. The number of urea groups is 1. The number of fused-ring (bicyclic) bond motifs is 1. The third kappa shape index (κ3) is 8.37. The first kappa shape index (κ1) is 27.2. The second-order valence-corrected chi connectivity index (χ2v) is 9.65. The normalized spacial score (nSPS) is 13.2. The van der Waals surface area contributed by atoms with E-state index in [2.05, 4.69) is 55.8 Å². The minimum absolute atomic E-state index is 0.0501. The number of benzene rings is 1. The van der Waals surface area contributed by atoms with E-state index in [0.717, 1.165) is 40.9 Å². The molecule has 0 aliphatic carbocycles. The van der Waals surface area contributed by atoms with Gasteiger partial charge in [0.15, 0.2) is 0 Å². The Morgan fingerprint density at radius 2 is 1.76 bits per heavy atom. The van der Waals surface area contributed by atoms with E-state index in [9.17, 15) is 9.59 Å². The number of pyridine rings is 1. The number of rotatable bonds is 12. The summed E-state index contributed by atoms with van der Waals surface area (Å²) in [4.78, 5) is 27.5. The first-order valence-electron chi connectivity index (χ1n) is 11.8. The lowest BCUT2D eigenvalue weighted by Crippen LogP contribution is -2.37. The Balaban J connectivity index is 1.85. The van der Waals surface area contributed by atoms with E-state index >= 15 is 0 Å². The van der Waals surface area contributed by atoms with Gasteiger partial charge in [-0.2, -0.15) is 0 Å². The second kappa shape index (κ2) is 12.4. The van der Waals surface area contributed by atoms with Crippen LogP contribution in [0.5, 0.6) is 5.75 Å². The fourth-order valence-electron chi connectivity index (χ4n) is 3.51. The van der Waals surface area contributed by atoms with Crippen molar-refractivity contribution in [3.63, 3.8) is 0 Å². The monoisotopic (exact) mass is 473 g/mol. The van der Waals surface area contributed by atoms with Crippen molar-refractivity contribution in [3.05, 3.63) is 30.0 Å². The number of carbonyl (C=O) groups excluding carboxylic acids is 1. The fourth-order valence-corrected chi connectivity index (χ4v) is 3.51. The van der Waals surface area contributed by atoms with Crippen LogP contribution in [0, 0.1) is 0 Å². The summed E-state index contributed by atoms with van der Waals surface area (Å²) < 4.78 is 5.47. The summed E-state index contributed by atoms with van der Waals surface area (Å²) in [6.45, 7) is 9.47. The van der Waals surface area contributed by atoms with Crippen LogP contribution in [-0.2, 0) is 10.2 Å². The summed E-state index contributed by atoms with van der Waals surface area (Å²) in [6.07, 6.45) is 2.49. The third-order valence-electron chi connectivity index (χ3n) is 5.57. The van der Waals surface area contributed by atoms with Gasteiger partial charge in [0.2, 0.25) is 0 Å². The van der Waals surface area contributed by atoms with Crippen molar-refractivity contribution in [3.8, 4) is 5.75 Å². The minimum atomic E-state index is -1.03. The number of aromatic nitrogens is 1. The van der Waals surface area contributed by atoms with E-state index in [4.69, 9.17) is 20.6 Å². The highest BCUT2D eigenvalue weighted by Gasteiger charge is 2.18. The molecule has 0 bridgehead atoms. The van der Waals surface area contributed by atoms with Gasteiger partial charge in [-0.05, 0) is 44.7 Å². The summed E-state index contributed by atoms with van der Waals surface area (Å²) in [5.74, 6) is -0.255. The van der Waals surface area contributed by atoms with Gasteiger partial charge in [-0.3, -0.25) is 9.78 Å². The summed E-state index contributed by atoms with van der Waals surface area (Å²) in [6, 6.07) is 7.12. The number of hydrogen-bond donors (Lipinski definition) is 5. The second-order valence-electron chi connectivity index (χ2n) is 9.65. The molecule has 9 nitrogen and oxygen atoms in total. The zero-order chi connectivity index (χ0) is 25.3. The number of anilines is 1. The molecule has 0 fully saturated rings. The maximum Gasteiger partial charge on any atom is 0.320 e. The molecule has 0 radical (unpaired) electrons. The quantitative estimate of drug-likeness (QED) is 0.297. The molecule has 1 aromatic carbocycles. The van der Waals surface area contributed by atoms with E-state index in [1.807, 2.05) is 12.1 Å². The average Bonchev–Trinajstić information content (AvgIpc) is 2.78. The van der Waals surface area contributed by atoms with Gasteiger partial charge in [0.25, 0.3) is 0 Å². The molecule has 1 aromatic heterocycles. The molecule has 2 amide bonds. The van der Waals surface area contributed by atoms with Crippen molar-refractivity contribution in [1.82, 2.24) is 15.6 Å². The van der Waals surface area contributed by atoms with E-state index in [-0.39, 0.29) is 17.5 Å². The molecule has 0 aliphatic rings. The van der Waals surface area contributed by atoms with Crippen molar-refractivity contribution >= 4 is 28.6 Å². The first-order chi connectivity index (χ1) is 16.0. The first-order valence-corrected chi connectivity index (χ1v) is 11.8. The van der Waals surface area contributed by atoms with E-state index in [1.54, 1.807) is 7.11 Å². The number of nitrogens with zero attached hydrogens (tertiary/aromatic N) is 1. The largest absolute Gasteiger partial charge is 0.497 e. The fraction of sp³-hybridized carbons (Fsp3) is 0.560. The lowest BCUT2D eigenvalue weighted by Gasteiger charge is -2.21.